The van der Waals surface area contributed by atoms with Gasteiger partial charge in [0.15, 0.2) is 23.1 Å². The SMILES string of the molecule is CC1(C)OCC(CCCCO)O1.CC1(C)OCC(CCCCS)O1.CCCCCC1COC(C)(C)O1.CCOC(=S)SCCCC1COC(C)(C)O1.OCC(O)CCCCS.OCCCCC(O)CO. The van der Waals surface area contributed by atoms with Crippen LogP contribution in [0.25, 0.3) is 0 Å². The number of thiocarbonyl (C=S) groups is 1. The first-order chi connectivity index (χ1) is 33.1. The first kappa shape index (κ1) is 72.5. The Morgan fingerprint density at radius 1 is 0.529 bits per heavy atom. The minimum atomic E-state index is -0.600. The molecule has 4 aliphatic heterocycles. The number of rotatable bonds is 27. The van der Waals surface area contributed by atoms with E-state index in [1.54, 1.807) is 11.8 Å². The minimum absolute atomic E-state index is 0.118. The zero-order valence-electron chi connectivity index (χ0n) is 45.2. The maximum absolute atomic E-state index is 8.81. The lowest BCUT2D eigenvalue weighted by Crippen LogP contribution is -2.21. The second kappa shape index (κ2) is 44.5. The van der Waals surface area contributed by atoms with Crippen LogP contribution in [0.1, 0.15) is 185 Å². The van der Waals surface area contributed by atoms with Gasteiger partial charge in [-0.1, -0.05) is 37.9 Å². The number of unbranched alkanes of at least 4 members (excludes halogenated alkanes) is 6. The highest BCUT2D eigenvalue weighted by Crippen LogP contribution is 2.28. The van der Waals surface area contributed by atoms with Gasteiger partial charge in [0.05, 0.1) is 82.9 Å². The normalized spacial score (nSPS) is 23.1. The molecule has 6 N–H and O–H groups in total. The summed E-state index contributed by atoms with van der Waals surface area (Å²) in [6, 6.07) is 0. The molecule has 4 fully saturated rings. The van der Waals surface area contributed by atoms with Gasteiger partial charge in [0.25, 0.3) is 0 Å². The van der Waals surface area contributed by atoms with E-state index in [4.69, 9.17) is 85.5 Å². The van der Waals surface area contributed by atoms with Crippen molar-refractivity contribution in [2.24, 2.45) is 0 Å². The van der Waals surface area contributed by atoms with Crippen LogP contribution in [0.5, 0.6) is 0 Å². The Hall–Kier alpha value is 0.380. The number of ether oxygens (including phenoxy) is 9. The van der Waals surface area contributed by atoms with Crippen molar-refractivity contribution in [3.05, 3.63) is 0 Å². The molecule has 422 valence electrons. The van der Waals surface area contributed by atoms with E-state index in [1.807, 2.05) is 62.3 Å². The molecule has 0 aliphatic carbocycles. The van der Waals surface area contributed by atoms with Crippen LogP contribution in [0.2, 0.25) is 0 Å². The molecule has 15 nitrogen and oxygen atoms in total. The Labute approximate surface area is 446 Å². The summed E-state index contributed by atoms with van der Waals surface area (Å²) >= 11 is 14.8. The van der Waals surface area contributed by atoms with E-state index in [-0.39, 0.29) is 50.2 Å². The number of aliphatic hydroxyl groups excluding tert-OH is 6. The van der Waals surface area contributed by atoms with Crippen LogP contribution in [-0.2, 0) is 42.6 Å². The van der Waals surface area contributed by atoms with E-state index in [2.05, 4.69) is 32.2 Å². The van der Waals surface area contributed by atoms with Gasteiger partial charge >= 0.3 is 0 Å². The molecule has 0 spiro atoms. The van der Waals surface area contributed by atoms with E-state index in [0.717, 1.165) is 94.7 Å². The molecule has 0 aromatic rings. The summed E-state index contributed by atoms with van der Waals surface area (Å²) in [5.74, 6) is 1.32. The molecule has 6 atom stereocenters. The first-order valence-corrected chi connectivity index (χ1v) is 28.8. The smallest absolute Gasteiger partial charge is 0.219 e. The van der Waals surface area contributed by atoms with Gasteiger partial charge in [-0.3, -0.25) is 0 Å². The van der Waals surface area contributed by atoms with Crippen LogP contribution >= 0.6 is 49.2 Å². The molecular weight excluding hydrogens is 981 g/mol. The van der Waals surface area contributed by atoms with Gasteiger partial charge in [0.1, 0.15) is 0 Å². The van der Waals surface area contributed by atoms with Gasteiger partial charge in [0, 0.05) is 19.0 Å². The van der Waals surface area contributed by atoms with Crippen molar-refractivity contribution in [2.45, 2.75) is 245 Å². The van der Waals surface area contributed by atoms with Crippen molar-refractivity contribution < 1.29 is 73.3 Å². The predicted octanol–water partition coefficient (Wildman–Crippen LogP) is 9.17. The zero-order chi connectivity index (χ0) is 53.3. The Morgan fingerprint density at radius 3 is 1.17 bits per heavy atom. The van der Waals surface area contributed by atoms with Crippen molar-refractivity contribution in [3.63, 3.8) is 0 Å². The third kappa shape index (κ3) is 44.7. The average molecular weight is 1090 g/mol. The highest BCUT2D eigenvalue weighted by atomic mass is 32.2. The molecule has 0 aromatic heterocycles. The van der Waals surface area contributed by atoms with Crippen molar-refractivity contribution in [2.75, 3.05) is 76.7 Å². The van der Waals surface area contributed by atoms with Crippen LogP contribution in [0, 0.1) is 0 Å². The van der Waals surface area contributed by atoms with E-state index in [0.29, 0.717) is 55.7 Å². The Morgan fingerprint density at radius 2 is 0.857 bits per heavy atom. The summed E-state index contributed by atoms with van der Waals surface area (Å²) in [6.07, 6.45) is 18.1. The number of hydrogen-bond acceptors (Lipinski definition) is 19. The third-order valence-corrected chi connectivity index (χ3v) is 12.7. The summed E-state index contributed by atoms with van der Waals surface area (Å²) in [4.78, 5) is 0. The second-order valence-electron chi connectivity index (χ2n) is 19.5. The first-order valence-electron chi connectivity index (χ1n) is 26.1. The van der Waals surface area contributed by atoms with Gasteiger partial charge in [-0.25, -0.2) is 0 Å². The van der Waals surface area contributed by atoms with Crippen molar-refractivity contribution in [3.8, 4) is 0 Å². The van der Waals surface area contributed by atoms with Crippen LogP contribution in [0.15, 0.2) is 0 Å². The van der Waals surface area contributed by atoms with Crippen molar-refractivity contribution in [1.82, 2.24) is 0 Å². The van der Waals surface area contributed by atoms with E-state index in [9.17, 15) is 0 Å². The molecule has 6 unspecified atom stereocenters. The van der Waals surface area contributed by atoms with E-state index in [1.165, 1.54) is 32.1 Å². The molecule has 0 radical (unpaired) electrons. The summed E-state index contributed by atoms with van der Waals surface area (Å²) < 4.78 is 50.2. The van der Waals surface area contributed by atoms with Gasteiger partial charge in [-0.15, -0.1) is 0 Å². The van der Waals surface area contributed by atoms with Crippen molar-refractivity contribution >= 4 is 53.6 Å². The molecule has 0 bridgehead atoms. The monoisotopic (exact) mass is 1080 g/mol. The van der Waals surface area contributed by atoms with Gasteiger partial charge < -0.3 is 73.3 Å². The third-order valence-electron chi connectivity index (χ3n) is 10.7. The molecule has 0 saturated carbocycles. The maximum Gasteiger partial charge on any atom is 0.219 e. The zero-order valence-corrected chi connectivity index (χ0v) is 48.7. The van der Waals surface area contributed by atoms with Gasteiger partial charge in [0.2, 0.25) is 4.38 Å². The fraction of sp³-hybridized carbons (Fsp3) is 0.980. The lowest BCUT2D eigenvalue weighted by Gasteiger charge is -2.16. The van der Waals surface area contributed by atoms with Gasteiger partial charge in [-0.05, 0) is 182 Å². The van der Waals surface area contributed by atoms with Crippen LogP contribution < -0.4 is 0 Å². The van der Waals surface area contributed by atoms with Gasteiger partial charge in [-0.2, -0.15) is 25.3 Å². The lowest BCUT2D eigenvalue weighted by atomic mass is 10.1. The molecule has 0 aromatic carbocycles. The highest BCUT2D eigenvalue weighted by molar-refractivity contribution is 8.22. The molecule has 0 amide bonds. The number of thiol groups is 2. The Bertz CT molecular complexity index is 1100. The topological polar surface area (TPSA) is 204 Å². The fourth-order valence-electron chi connectivity index (χ4n) is 7.00. The van der Waals surface area contributed by atoms with Crippen LogP contribution in [-0.4, -0.2) is 172 Å². The predicted molar refractivity (Wildman–Crippen MR) is 293 cm³/mol. The molecule has 4 aliphatic rings. The number of aliphatic hydroxyl groups is 6. The number of hydrogen-bond donors (Lipinski definition) is 8. The quantitative estimate of drug-likeness (QED) is 0.0219. The van der Waals surface area contributed by atoms with Crippen molar-refractivity contribution in [1.29, 1.82) is 0 Å². The average Bonchev–Trinajstić information content (AvgIpc) is 4.06. The Balaban J connectivity index is 0. The second-order valence-corrected chi connectivity index (χ2v) is 22.1. The molecule has 4 saturated heterocycles. The maximum atomic E-state index is 8.81. The summed E-state index contributed by atoms with van der Waals surface area (Å²) in [7, 11) is 0. The summed E-state index contributed by atoms with van der Waals surface area (Å²) in [5, 5.41) is 51.1. The lowest BCUT2D eigenvalue weighted by molar-refractivity contribution is -0.139. The fourth-order valence-corrected chi connectivity index (χ4v) is 8.50. The molecule has 4 heterocycles. The van der Waals surface area contributed by atoms with E-state index >= 15 is 0 Å². The Kier molecular flexibility index (Phi) is 46.1. The molecule has 4 rings (SSSR count). The molecule has 19 heteroatoms. The van der Waals surface area contributed by atoms with Crippen LogP contribution in [0.3, 0.4) is 0 Å². The highest BCUT2D eigenvalue weighted by Gasteiger charge is 2.34. The molecular formula is C51H104O15S4. The summed E-state index contributed by atoms with van der Waals surface area (Å²) in [5.41, 5.74) is 0. The minimum Gasteiger partial charge on any atom is -0.479 e. The summed E-state index contributed by atoms with van der Waals surface area (Å²) in [6.45, 7) is 23.5. The van der Waals surface area contributed by atoms with E-state index < -0.39 is 23.8 Å². The number of thioether (sulfide) groups is 1. The standard InChI is InChI=1S/C11H20O3S2.C10H20O2.C9H18O3.C9H18O2S.C6H14O3.C6H14O2S/c1-4-12-10(15)16-7-5-6-9-8-13-11(2,3)14-9;1-4-5-6-7-9-8-11-10(2,3)12-9;1-9(2)11-7-8(12-9)5-3-4-6-10;1-9(2)10-7-8(11-9)5-3-4-6-12;7-4-2-1-3-6(9)5-8;7-5-6(8)3-1-2-4-9/h9H,4-8H2,1-3H3;9H,4-8H2,1-3H3;8,10H,3-7H2,1-2H3;8,12H,3-7H2,1-2H3;2*6-9H,1-5H2. The molecule has 70 heavy (non-hydrogen) atoms. The largest absolute Gasteiger partial charge is 0.479 e. The van der Waals surface area contributed by atoms with Crippen LogP contribution in [0.4, 0.5) is 0 Å².